The van der Waals surface area contributed by atoms with Crippen LogP contribution in [0.3, 0.4) is 0 Å². The molecule has 1 unspecified atom stereocenters. The standard InChI is InChI=1S/C12H13FO5/c1-18-10(14)5-3-7-6-8(2-4-9(7)13)11(15)12(16)17/h2,4,6,11,15H,3,5H2,1H3,(H,16,17). The SMILES string of the molecule is COC(=O)CCc1cc(C(O)C(=O)O)ccc1F. The normalized spacial score (nSPS) is 11.9. The van der Waals surface area contributed by atoms with Gasteiger partial charge in [-0.3, -0.25) is 4.79 Å². The Kier molecular flexibility index (Phi) is 4.79. The van der Waals surface area contributed by atoms with E-state index >= 15 is 0 Å². The van der Waals surface area contributed by atoms with Gasteiger partial charge in [0.1, 0.15) is 5.82 Å². The Labute approximate surface area is 103 Å². The van der Waals surface area contributed by atoms with Crippen LogP contribution in [0.1, 0.15) is 23.7 Å². The quantitative estimate of drug-likeness (QED) is 0.769. The van der Waals surface area contributed by atoms with E-state index in [1.807, 2.05) is 0 Å². The summed E-state index contributed by atoms with van der Waals surface area (Å²) in [5.74, 6) is -2.46. The van der Waals surface area contributed by atoms with E-state index in [1.165, 1.54) is 19.2 Å². The molecule has 0 saturated carbocycles. The number of aliphatic hydroxyl groups excluding tert-OH is 1. The van der Waals surface area contributed by atoms with E-state index in [-0.39, 0.29) is 24.0 Å². The summed E-state index contributed by atoms with van der Waals surface area (Å²) in [6, 6.07) is 3.49. The van der Waals surface area contributed by atoms with Crippen molar-refractivity contribution in [2.75, 3.05) is 7.11 Å². The van der Waals surface area contributed by atoms with E-state index in [1.54, 1.807) is 0 Å². The number of hydrogen-bond acceptors (Lipinski definition) is 4. The number of aryl methyl sites for hydroxylation is 1. The van der Waals surface area contributed by atoms with Gasteiger partial charge in [-0.15, -0.1) is 0 Å². The van der Waals surface area contributed by atoms with Crippen molar-refractivity contribution in [1.29, 1.82) is 0 Å². The van der Waals surface area contributed by atoms with Crippen molar-refractivity contribution in [3.8, 4) is 0 Å². The van der Waals surface area contributed by atoms with Crippen LogP contribution in [0, 0.1) is 5.82 Å². The van der Waals surface area contributed by atoms with Crippen LogP contribution in [0.25, 0.3) is 0 Å². The molecule has 0 bridgehead atoms. The first-order chi connectivity index (χ1) is 8.45. The predicted molar refractivity (Wildman–Crippen MR) is 59.3 cm³/mol. The average molecular weight is 256 g/mol. The van der Waals surface area contributed by atoms with Crippen molar-refractivity contribution in [2.24, 2.45) is 0 Å². The second-order valence-corrected chi connectivity index (χ2v) is 3.67. The summed E-state index contributed by atoms with van der Waals surface area (Å²) >= 11 is 0. The number of methoxy groups -OCH3 is 1. The van der Waals surface area contributed by atoms with Crippen molar-refractivity contribution in [3.63, 3.8) is 0 Å². The van der Waals surface area contributed by atoms with Crippen LogP contribution >= 0.6 is 0 Å². The van der Waals surface area contributed by atoms with Gasteiger partial charge in [-0.2, -0.15) is 0 Å². The van der Waals surface area contributed by atoms with Crippen LogP contribution in [0.2, 0.25) is 0 Å². The van der Waals surface area contributed by atoms with Gasteiger partial charge in [0.25, 0.3) is 0 Å². The molecule has 98 valence electrons. The largest absolute Gasteiger partial charge is 0.479 e. The van der Waals surface area contributed by atoms with Crippen LogP contribution in [-0.4, -0.2) is 29.3 Å². The zero-order valence-corrected chi connectivity index (χ0v) is 9.72. The number of halogens is 1. The summed E-state index contributed by atoms with van der Waals surface area (Å²) in [7, 11) is 1.23. The summed E-state index contributed by atoms with van der Waals surface area (Å²) in [5, 5.41) is 18.0. The number of hydrogen-bond donors (Lipinski definition) is 2. The molecule has 0 aliphatic rings. The van der Waals surface area contributed by atoms with Crippen LogP contribution < -0.4 is 0 Å². The summed E-state index contributed by atoms with van der Waals surface area (Å²) in [5.41, 5.74) is 0.238. The Balaban J connectivity index is 2.87. The maximum absolute atomic E-state index is 13.4. The molecule has 1 atom stereocenters. The Morgan fingerprint density at radius 3 is 2.67 bits per heavy atom. The Morgan fingerprint density at radius 1 is 1.44 bits per heavy atom. The Morgan fingerprint density at radius 2 is 2.11 bits per heavy atom. The van der Waals surface area contributed by atoms with Crippen LogP contribution in [0.5, 0.6) is 0 Å². The topological polar surface area (TPSA) is 83.8 Å². The molecule has 0 fully saturated rings. The fourth-order valence-corrected chi connectivity index (χ4v) is 1.44. The molecule has 0 saturated heterocycles. The number of rotatable bonds is 5. The maximum atomic E-state index is 13.4. The lowest BCUT2D eigenvalue weighted by atomic mass is 10.0. The third-order valence-corrected chi connectivity index (χ3v) is 2.45. The zero-order valence-electron chi connectivity index (χ0n) is 9.72. The fraction of sp³-hybridized carbons (Fsp3) is 0.333. The summed E-state index contributed by atoms with van der Waals surface area (Å²) in [6.07, 6.45) is -1.64. The molecule has 6 heteroatoms. The first-order valence-electron chi connectivity index (χ1n) is 5.21. The highest BCUT2D eigenvalue weighted by Gasteiger charge is 2.17. The fourth-order valence-electron chi connectivity index (χ4n) is 1.44. The van der Waals surface area contributed by atoms with Crippen LogP contribution in [0.15, 0.2) is 18.2 Å². The highest BCUT2D eigenvalue weighted by atomic mass is 19.1. The molecular weight excluding hydrogens is 243 g/mol. The average Bonchev–Trinajstić information content (AvgIpc) is 2.36. The van der Waals surface area contributed by atoms with Crippen molar-refractivity contribution >= 4 is 11.9 Å². The number of aliphatic hydroxyl groups is 1. The van der Waals surface area contributed by atoms with Gasteiger partial charge in [-0.1, -0.05) is 6.07 Å². The van der Waals surface area contributed by atoms with E-state index in [0.717, 1.165) is 6.07 Å². The van der Waals surface area contributed by atoms with E-state index in [0.29, 0.717) is 0 Å². The minimum Gasteiger partial charge on any atom is -0.479 e. The number of esters is 1. The van der Waals surface area contributed by atoms with Crippen LogP contribution in [-0.2, 0) is 20.7 Å². The smallest absolute Gasteiger partial charge is 0.337 e. The van der Waals surface area contributed by atoms with Gasteiger partial charge < -0.3 is 14.9 Å². The number of ether oxygens (including phenoxy) is 1. The number of benzene rings is 1. The predicted octanol–water partition coefficient (Wildman–Crippen LogP) is 1.05. The maximum Gasteiger partial charge on any atom is 0.337 e. The summed E-state index contributed by atoms with van der Waals surface area (Å²) in [6.45, 7) is 0. The highest BCUT2D eigenvalue weighted by molar-refractivity contribution is 5.74. The first kappa shape index (κ1) is 14.1. The number of carboxylic acid groups (broad SMARTS) is 1. The summed E-state index contributed by atoms with van der Waals surface area (Å²) < 4.78 is 17.8. The van der Waals surface area contributed by atoms with Gasteiger partial charge in [0.2, 0.25) is 0 Å². The lowest BCUT2D eigenvalue weighted by Gasteiger charge is -2.09. The minimum atomic E-state index is -1.71. The molecule has 0 heterocycles. The molecule has 18 heavy (non-hydrogen) atoms. The second kappa shape index (κ2) is 6.11. The lowest BCUT2D eigenvalue weighted by molar-refractivity contribution is -0.147. The summed E-state index contributed by atoms with van der Waals surface area (Å²) in [4.78, 5) is 21.5. The molecule has 0 aromatic heterocycles. The molecule has 5 nitrogen and oxygen atoms in total. The van der Waals surface area contributed by atoms with Crippen molar-refractivity contribution in [2.45, 2.75) is 18.9 Å². The van der Waals surface area contributed by atoms with Gasteiger partial charge >= 0.3 is 11.9 Å². The molecule has 0 radical (unpaired) electrons. The lowest BCUT2D eigenvalue weighted by Crippen LogP contribution is -2.11. The van der Waals surface area contributed by atoms with Crippen molar-refractivity contribution in [1.82, 2.24) is 0 Å². The Hall–Kier alpha value is -1.95. The van der Waals surface area contributed by atoms with E-state index in [9.17, 15) is 19.1 Å². The molecule has 0 spiro atoms. The van der Waals surface area contributed by atoms with Gasteiger partial charge in [0, 0.05) is 6.42 Å². The van der Waals surface area contributed by atoms with Crippen LogP contribution in [0.4, 0.5) is 4.39 Å². The third kappa shape index (κ3) is 3.53. The van der Waals surface area contributed by atoms with Gasteiger partial charge in [0.15, 0.2) is 6.10 Å². The third-order valence-electron chi connectivity index (χ3n) is 2.45. The highest BCUT2D eigenvalue weighted by Crippen LogP contribution is 2.18. The Bertz CT molecular complexity index is 458. The molecular formula is C12H13FO5. The monoisotopic (exact) mass is 256 g/mol. The second-order valence-electron chi connectivity index (χ2n) is 3.67. The van der Waals surface area contributed by atoms with Crippen molar-refractivity contribution in [3.05, 3.63) is 35.1 Å². The molecule has 1 rings (SSSR count). The molecule has 2 N–H and O–H groups in total. The number of aliphatic carboxylic acids is 1. The van der Waals surface area contributed by atoms with Gasteiger partial charge in [-0.05, 0) is 29.7 Å². The van der Waals surface area contributed by atoms with E-state index in [4.69, 9.17) is 5.11 Å². The van der Waals surface area contributed by atoms with Crippen molar-refractivity contribution < 1.29 is 28.9 Å². The first-order valence-corrected chi connectivity index (χ1v) is 5.21. The molecule has 0 aliphatic carbocycles. The minimum absolute atomic E-state index is 0.0138. The zero-order chi connectivity index (χ0) is 13.7. The molecule has 1 aromatic carbocycles. The molecule has 0 amide bonds. The van der Waals surface area contributed by atoms with Gasteiger partial charge in [0.05, 0.1) is 7.11 Å². The van der Waals surface area contributed by atoms with Gasteiger partial charge in [-0.25, -0.2) is 9.18 Å². The molecule has 0 aliphatic heterocycles. The number of carbonyl (C=O) groups is 2. The number of carboxylic acids is 1. The van der Waals surface area contributed by atoms with E-state index < -0.39 is 23.9 Å². The number of carbonyl (C=O) groups excluding carboxylic acids is 1. The van der Waals surface area contributed by atoms with E-state index in [2.05, 4.69) is 4.74 Å². The molecule has 1 aromatic rings.